The molecule has 2 rings (SSSR count). The molecule has 0 unspecified atom stereocenters. The molecule has 0 aliphatic heterocycles. The molecule has 23 heavy (non-hydrogen) atoms. The molecule has 2 N–H and O–H groups in total. The van der Waals surface area contributed by atoms with Gasteiger partial charge in [0, 0.05) is 22.9 Å². The van der Waals surface area contributed by atoms with Crippen LogP contribution in [0, 0.1) is 0 Å². The SMILES string of the molecule is CC(C)(C)c1csc(COc2ccc(C(=O)NCCO)cc2)n1. The number of nitrogens with zero attached hydrogens (tertiary/aromatic N) is 1. The number of aromatic nitrogens is 1. The highest BCUT2D eigenvalue weighted by Crippen LogP contribution is 2.24. The third-order valence-corrected chi connectivity index (χ3v) is 4.02. The molecule has 124 valence electrons. The molecule has 0 aliphatic carbocycles. The van der Waals surface area contributed by atoms with Crippen molar-refractivity contribution in [3.8, 4) is 5.75 Å². The molecule has 0 spiro atoms. The molecule has 0 atom stereocenters. The molecule has 0 radical (unpaired) electrons. The summed E-state index contributed by atoms with van der Waals surface area (Å²) in [5.41, 5.74) is 1.64. The first-order chi connectivity index (χ1) is 10.9. The van der Waals surface area contributed by atoms with E-state index in [1.54, 1.807) is 35.6 Å². The first kappa shape index (κ1) is 17.4. The maximum atomic E-state index is 11.7. The number of aliphatic hydroxyl groups excluding tert-OH is 1. The van der Waals surface area contributed by atoms with Crippen molar-refractivity contribution in [2.24, 2.45) is 0 Å². The second kappa shape index (κ2) is 7.57. The summed E-state index contributed by atoms with van der Waals surface area (Å²) in [6, 6.07) is 6.91. The third kappa shape index (κ3) is 5.04. The van der Waals surface area contributed by atoms with Gasteiger partial charge in [0.1, 0.15) is 17.4 Å². The number of aliphatic hydroxyl groups is 1. The van der Waals surface area contributed by atoms with Gasteiger partial charge < -0.3 is 15.2 Å². The summed E-state index contributed by atoms with van der Waals surface area (Å²) in [5.74, 6) is 0.483. The number of hydrogen-bond acceptors (Lipinski definition) is 5. The van der Waals surface area contributed by atoms with Crippen LogP contribution in [0.15, 0.2) is 29.6 Å². The second-order valence-corrected chi connectivity index (χ2v) is 7.11. The van der Waals surface area contributed by atoms with Gasteiger partial charge in [0.2, 0.25) is 0 Å². The van der Waals surface area contributed by atoms with Crippen LogP contribution in [0.4, 0.5) is 0 Å². The summed E-state index contributed by atoms with van der Waals surface area (Å²) in [6.45, 7) is 6.99. The molecular formula is C17H22N2O3S. The minimum atomic E-state index is -0.208. The highest BCUT2D eigenvalue weighted by atomic mass is 32.1. The van der Waals surface area contributed by atoms with E-state index in [0.29, 0.717) is 17.9 Å². The van der Waals surface area contributed by atoms with E-state index < -0.39 is 0 Å². The molecule has 0 saturated carbocycles. The van der Waals surface area contributed by atoms with E-state index in [0.717, 1.165) is 10.7 Å². The Morgan fingerprint density at radius 2 is 2.00 bits per heavy atom. The molecular weight excluding hydrogens is 312 g/mol. The molecule has 2 aromatic rings. The maximum absolute atomic E-state index is 11.7. The van der Waals surface area contributed by atoms with Gasteiger partial charge in [-0.05, 0) is 24.3 Å². The number of carbonyl (C=O) groups is 1. The van der Waals surface area contributed by atoms with Gasteiger partial charge in [0.05, 0.1) is 12.3 Å². The fraction of sp³-hybridized carbons (Fsp3) is 0.412. The minimum absolute atomic E-state index is 0.0400. The number of amides is 1. The molecule has 1 aromatic heterocycles. The second-order valence-electron chi connectivity index (χ2n) is 6.17. The van der Waals surface area contributed by atoms with Gasteiger partial charge in [-0.1, -0.05) is 20.8 Å². The Balaban J connectivity index is 1.91. The van der Waals surface area contributed by atoms with E-state index in [1.165, 1.54) is 0 Å². The summed E-state index contributed by atoms with van der Waals surface area (Å²) in [4.78, 5) is 16.3. The molecule has 5 nitrogen and oxygen atoms in total. The van der Waals surface area contributed by atoms with Gasteiger partial charge in [-0.15, -0.1) is 11.3 Å². The predicted molar refractivity (Wildman–Crippen MR) is 91.0 cm³/mol. The van der Waals surface area contributed by atoms with Crippen LogP contribution in [0.25, 0.3) is 0 Å². The van der Waals surface area contributed by atoms with Crippen LogP contribution in [0.2, 0.25) is 0 Å². The largest absolute Gasteiger partial charge is 0.486 e. The zero-order valence-electron chi connectivity index (χ0n) is 13.6. The smallest absolute Gasteiger partial charge is 0.251 e. The van der Waals surface area contributed by atoms with E-state index in [9.17, 15) is 4.79 Å². The number of thiazole rings is 1. The molecule has 6 heteroatoms. The Labute approximate surface area is 140 Å². The zero-order chi connectivity index (χ0) is 16.9. The Morgan fingerprint density at radius 3 is 2.57 bits per heavy atom. The fourth-order valence-electron chi connectivity index (χ4n) is 1.84. The number of rotatable bonds is 6. The van der Waals surface area contributed by atoms with Crippen molar-refractivity contribution in [2.75, 3.05) is 13.2 Å². The van der Waals surface area contributed by atoms with Crippen LogP contribution in [0.5, 0.6) is 5.75 Å². The maximum Gasteiger partial charge on any atom is 0.251 e. The van der Waals surface area contributed by atoms with Crippen LogP contribution in [0.1, 0.15) is 41.8 Å². The standard InChI is InChI=1S/C17H22N2O3S/c1-17(2,3)14-11-23-15(19-14)10-22-13-6-4-12(5-7-13)16(21)18-8-9-20/h4-7,11,20H,8-10H2,1-3H3,(H,18,21). The van der Waals surface area contributed by atoms with Crippen molar-refractivity contribution in [1.82, 2.24) is 10.3 Å². The normalized spacial score (nSPS) is 11.3. The van der Waals surface area contributed by atoms with Crippen molar-refractivity contribution in [3.63, 3.8) is 0 Å². The molecule has 1 heterocycles. The van der Waals surface area contributed by atoms with E-state index >= 15 is 0 Å². The zero-order valence-corrected chi connectivity index (χ0v) is 14.4. The van der Waals surface area contributed by atoms with Gasteiger partial charge >= 0.3 is 0 Å². The van der Waals surface area contributed by atoms with Crippen molar-refractivity contribution >= 4 is 17.2 Å². The lowest BCUT2D eigenvalue weighted by molar-refractivity contribution is 0.0944. The number of hydrogen-bond donors (Lipinski definition) is 2. The quantitative estimate of drug-likeness (QED) is 0.852. The summed E-state index contributed by atoms with van der Waals surface area (Å²) in [5, 5.41) is 14.3. The summed E-state index contributed by atoms with van der Waals surface area (Å²) < 4.78 is 5.71. The van der Waals surface area contributed by atoms with Crippen LogP contribution in [0.3, 0.4) is 0 Å². The van der Waals surface area contributed by atoms with Crippen molar-refractivity contribution in [3.05, 3.63) is 45.9 Å². The van der Waals surface area contributed by atoms with Crippen LogP contribution in [-0.2, 0) is 12.0 Å². The summed E-state index contributed by atoms with van der Waals surface area (Å²) in [6.07, 6.45) is 0. The first-order valence-electron chi connectivity index (χ1n) is 7.47. The van der Waals surface area contributed by atoms with Gasteiger partial charge in [-0.25, -0.2) is 4.98 Å². The minimum Gasteiger partial charge on any atom is -0.486 e. The molecule has 1 aromatic carbocycles. The number of ether oxygens (including phenoxy) is 1. The lowest BCUT2D eigenvalue weighted by Gasteiger charge is -2.14. The van der Waals surface area contributed by atoms with Crippen molar-refractivity contribution < 1.29 is 14.6 Å². The molecule has 0 aliphatic rings. The van der Waals surface area contributed by atoms with Crippen LogP contribution >= 0.6 is 11.3 Å². The van der Waals surface area contributed by atoms with Gasteiger partial charge in [-0.2, -0.15) is 0 Å². The molecule has 0 saturated heterocycles. The molecule has 0 bridgehead atoms. The number of nitrogens with one attached hydrogen (secondary N) is 1. The first-order valence-corrected chi connectivity index (χ1v) is 8.35. The molecule has 0 fully saturated rings. The monoisotopic (exact) mass is 334 g/mol. The van der Waals surface area contributed by atoms with Gasteiger partial charge in [0.25, 0.3) is 5.91 Å². The Bertz CT molecular complexity index is 645. The predicted octanol–water partition coefficient (Wildman–Crippen LogP) is 2.74. The Hall–Kier alpha value is -1.92. The average molecular weight is 334 g/mol. The molecule has 1 amide bonds. The van der Waals surface area contributed by atoms with Crippen LogP contribution < -0.4 is 10.1 Å². The van der Waals surface area contributed by atoms with E-state index in [4.69, 9.17) is 9.84 Å². The lowest BCUT2D eigenvalue weighted by atomic mass is 9.93. The summed E-state index contributed by atoms with van der Waals surface area (Å²) in [7, 11) is 0. The average Bonchev–Trinajstić information content (AvgIpc) is 3.00. The van der Waals surface area contributed by atoms with E-state index in [1.807, 2.05) is 0 Å². The topological polar surface area (TPSA) is 71.5 Å². The van der Waals surface area contributed by atoms with Crippen molar-refractivity contribution in [2.45, 2.75) is 32.8 Å². The summed E-state index contributed by atoms with van der Waals surface area (Å²) >= 11 is 1.59. The van der Waals surface area contributed by atoms with Crippen LogP contribution in [-0.4, -0.2) is 29.1 Å². The fourth-order valence-corrected chi connectivity index (χ4v) is 2.77. The van der Waals surface area contributed by atoms with Crippen molar-refractivity contribution in [1.29, 1.82) is 0 Å². The van der Waals surface area contributed by atoms with E-state index in [2.05, 4.69) is 36.5 Å². The lowest BCUT2D eigenvalue weighted by Crippen LogP contribution is -2.26. The van der Waals surface area contributed by atoms with Gasteiger partial charge in [-0.3, -0.25) is 4.79 Å². The number of benzene rings is 1. The van der Waals surface area contributed by atoms with Gasteiger partial charge in [0.15, 0.2) is 0 Å². The Morgan fingerprint density at radius 1 is 1.30 bits per heavy atom. The highest BCUT2D eigenvalue weighted by Gasteiger charge is 2.17. The number of carbonyl (C=O) groups excluding carboxylic acids is 1. The Kier molecular flexibility index (Phi) is 5.74. The highest BCUT2D eigenvalue weighted by molar-refractivity contribution is 7.09. The third-order valence-electron chi connectivity index (χ3n) is 3.20. The van der Waals surface area contributed by atoms with E-state index in [-0.39, 0.29) is 24.5 Å².